The van der Waals surface area contributed by atoms with Crippen molar-refractivity contribution in [2.45, 2.75) is 19.5 Å². The van der Waals surface area contributed by atoms with E-state index < -0.39 is 0 Å². The predicted octanol–water partition coefficient (Wildman–Crippen LogP) is 1.44. The van der Waals surface area contributed by atoms with Crippen LogP contribution in [-0.2, 0) is 19.5 Å². The van der Waals surface area contributed by atoms with Crippen molar-refractivity contribution in [3.05, 3.63) is 47.2 Å². The molecule has 0 unspecified atom stereocenters. The number of rotatable bonds is 5. The van der Waals surface area contributed by atoms with E-state index >= 15 is 0 Å². The van der Waals surface area contributed by atoms with E-state index in [1.807, 2.05) is 4.68 Å². The monoisotopic (exact) mass is 336 g/mol. The molecule has 3 heterocycles. The van der Waals surface area contributed by atoms with Crippen molar-refractivity contribution in [3.63, 3.8) is 0 Å². The fourth-order valence-corrected chi connectivity index (χ4v) is 3.77. The Labute approximate surface area is 148 Å². The summed E-state index contributed by atoms with van der Waals surface area (Å²) >= 11 is 0. The number of hydrogen-bond donors (Lipinski definition) is 2. The van der Waals surface area contributed by atoms with Crippen molar-refractivity contribution < 1.29 is 0 Å². The average Bonchev–Trinajstić information content (AvgIpc) is 3.07. The molecule has 2 aliphatic heterocycles. The first kappa shape index (κ1) is 16.1. The second-order valence-electron chi connectivity index (χ2n) is 6.95. The maximum atomic E-state index is 9.05. The number of benzene rings is 1. The van der Waals surface area contributed by atoms with Crippen LogP contribution >= 0.6 is 0 Å². The summed E-state index contributed by atoms with van der Waals surface area (Å²) in [5.74, 6) is 1.37. The fraction of sp³-hybridized carbons (Fsp3) is 0.474. The van der Waals surface area contributed by atoms with Crippen molar-refractivity contribution in [1.29, 1.82) is 5.26 Å². The van der Waals surface area contributed by atoms with Gasteiger partial charge in [-0.25, -0.2) is 4.68 Å². The third-order valence-electron chi connectivity index (χ3n) is 5.20. The highest BCUT2D eigenvalue weighted by Crippen LogP contribution is 2.21. The third kappa shape index (κ3) is 3.53. The van der Waals surface area contributed by atoms with E-state index in [1.165, 1.54) is 11.1 Å². The maximum absolute atomic E-state index is 9.05. The topological polar surface area (TPSA) is 68.9 Å². The number of fused-ring (bicyclic) bond motifs is 2. The van der Waals surface area contributed by atoms with Crippen LogP contribution in [-0.4, -0.2) is 47.4 Å². The van der Waals surface area contributed by atoms with E-state index in [-0.39, 0.29) is 0 Å². The minimum atomic E-state index is 0.501. The summed E-state index contributed by atoms with van der Waals surface area (Å²) in [6.07, 6.45) is 2.80. The smallest absolute Gasteiger partial charge is 0.142 e. The van der Waals surface area contributed by atoms with Crippen LogP contribution in [0.25, 0.3) is 0 Å². The highest BCUT2D eigenvalue weighted by Gasteiger charge is 2.21. The summed E-state index contributed by atoms with van der Waals surface area (Å²) in [7, 11) is 0. The highest BCUT2D eigenvalue weighted by atomic mass is 15.3. The molecule has 2 N–H and O–H groups in total. The van der Waals surface area contributed by atoms with Crippen LogP contribution in [0.4, 0.5) is 5.82 Å². The van der Waals surface area contributed by atoms with Crippen molar-refractivity contribution >= 4 is 5.82 Å². The van der Waals surface area contributed by atoms with Crippen LogP contribution in [0.3, 0.4) is 0 Å². The fourth-order valence-electron chi connectivity index (χ4n) is 3.77. The van der Waals surface area contributed by atoms with Crippen molar-refractivity contribution in [2.24, 2.45) is 5.92 Å². The van der Waals surface area contributed by atoms with E-state index in [1.54, 1.807) is 6.20 Å². The first-order chi connectivity index (χ1) is 12.3. The second-order valence-corrected chi connectivity index (χ2v) is 6.95. The molecule has 6 heteroatoms. The number of aromatic nitrogens is 2. The van der Waals surface area contributed by atoms with Gasteiger partial charge in [-0.3, -0.25) is 4.90 Å². The molecule has 0 radical (unpaired) electrons. The zero-order valence-electron chi connectivity index (χ0n) is 14.4. The lowest BCUT2D eigenvalue weighted by atomic mass is 10.00. The average molecular weight is 336 g/mol. The molecular formula is C19H24N6. The van der Waals surface area contributed by atoms with E-state index in [0.717, 1.165) is 58.1 Å². The molecule has 6 nitrogen and oxygen atoms in total. The SMILES string of the molecule is N#Cc1cnn2c1NC[C@@H](CNCCN1CCc3ccccc3C1)C2. The molecule has 2 aromatic rings. The molecule has 0 bridgehead atoms. The summed E-state index contributed by atoms with van der Waals surface area (Å²) < 4.78 is 1.91. The highest BCUT2D eigenvalue weighted by molar-refractivity contribution is 5.52. The number of anilines is 1. The first-order valence-electron chi connectivity index (χ1n) is 9.03. The lowest BCUT2D eigenvalue weighted by molar-refractivity contribution is 0.250. The van der Waals surface area contributed by atoms with Gasteiger partial charge in [0, 0.05) is 51.7 Å². The molecule has 0 saturated heterocycles. The molecule has 0 amide bonds. The maximum Gasteiger partial charge on any atom is 0.142 e. The molecule has 1 aromatic carbocycles. The molecule has 0 saturated carbocycles. The van der Waals surface area contributed by atoms with Crippen LogP contribution in [0.2, 0.25) is 0 Å². The van der Waals surface area contributed by atoms with Crippen LogP contribution in [0.1, 0.15) is 16.7 Å². The quantitative estimate of drug-likeness (QED) is 0.809. The van der Waals surface area contributed by atoms with E-state index in [2.05, 4.69) is 51.0 Å². The molecule has 0 spiro atoms. The van der Waals surface area contributed by atoms with Gasteiger partial charge >= 0.3 is 0 Å². The Morgan fingerprint density at radius 2 is 2.20 bits per heavy atom. The van der Waals surface area contributed by atoms with Crippen molar-refractivity contribution in [2.75, 3.05) is 38.0 Å². The number of nitrogens with zero attached hydrogens (tertiary/aromatic N) is 4. The van der Waals surface area contributed by atoms with Crippen LogP contribution in [0.15, 0.2) is 30.5 Å². The Bertz CT molecular complexity index is 774. The molecule has 2 aliphatic rings. The Kier molecular flexibility index (Phi) is 4.68. The van der Waals surface area contributed by atoms with E-state index in [4.69, 9.17) is 5.26 Å². The molecule has 1 atom stereocenters. The minimum Gasteiger partial charge on any atom is -0.369 e. The summed E-state index contributed by atoms with van der Waals surface area (Å²) in [6, 6.07) is 11.0. The van der Waals surface area contributed by atoms with E-state index in [9.17, 15) is 0 Å². The van der Waals surface area contributed by atoms with Gasteiger partial charge in [0.05, 0.1) is 6.20 Å². The molecule has 25 heavy (non-hydrogen) atoms. The number of hydrogen-bond acceptors (Lipinski definition) is 5. The molecule has 0 aliphatic carbocycles. The van der Waals surface area contributed by atoms with Gasteiger partial charge in [-0.15, -0.1) is 0 Å². The Hall–Kier alpha value is -2.36. The predicted molar refractivity (Wildman–Crippen MR) is 97.2 cm³/mol. The summed E-state index contributed by atoms with van der Waals surface area (Å²) in [4.78, 5) is 2.53. The van der Waals surface area contributed by atoms with Gasteiger partial charge in [-0.2, -0.15) is 10.4 Å². The van der Waals surface area contributed by atoms with Gasteiger partial charge in [0.2, 0.25) is 0 Å². The molecule has 4 rings (SSSR count). The summed E-state index contributed by atoms with van der Waals surface area (Å²) in [5.41, 5.74) is 3.62. The van der Waals surface area contributed by atoms with Crippen LogP contribution < -0.4 is 10.6 Å². The second kappa shape index (κ2) is 7.26. The zero-order chi connectivity index (χ0) is 17.1. The number of nitrogens with one attached hydrogen (secondary N) is 2. The molecular weight excluding hydrogens is 312 g/mol. The van der Waals surface area contributed by atoms with Gasteiger partial charge in [-0.1, -0.05) is 24.3 Å². The molecule has 1 aromatic heterocycles. The van der Waals surface area contributed by atoms with Gasteiger partial charge in [-0.05, 0) is 17.5 Å². The van der Waals surface area contributed by atoms with Gasteiger partial charge in [0.15, 0.2) is 0 Å². The van der Waals surface area contributed by atoms with Crippen molar-refractivity contribution in [1.82, 2.24) is 20.0 Å². The number of nitriles is 1. The third-order valence-corrected chi connectivity index (χ3v) is 5.20. The summed E-state index contributed by atoms with van der Waals surface area (Å²) in [5, 5.41) is 20.3. The summed E-state index contributed by atoms with van der Waals surface area (Å²) in [6.45, 7) is 7.04. The standard InChI is InChI=1S/C19H24N6/c20-9-18-12-23-25-13-15(11-22-19(18)25)10-21-6-8-24-7-5-16-3-1-2-4-17(16)14-24/h1-4,12,15,21-22H,5-8,10-11,13-14H2/t15-/m1/s1. The van der Waals surface area contributed by atoms with Gasteiger partial charge in [0.25, 0.3) is 0 Å². The normalized spacial score (nSPS) is 19.6. The van der Waals surface area contributed by atoms with Crippen LogP contribution in [0, 0.1) is 17.2 Å². The van der Waals surface area contributed by atoms with Gasteiger partial charge in [0.1, 0.15) is 17.5 Å². The minimum absolute atomic E-state index is 0.501. The lowest BCUT2D eigenvalue weighted by Crippen LogP contribution is -2.40. The molecule has 130 valence electrons. The first-order valence-corrected chi connectivity index (χ1v) is 9.03. The Balaban J connectivity index is 1.20. The van der Waals surface area contributed by atoms with Crippen molar-refractivity contribution in [3.8, 4) is 6.07 Å². The van der Waals surface area contributed by atoms with Crippen LogP contribution in [0.5, 0.6) is 0 Å². The molecule has 0 fully saturated rings. The van der Waals surface area contributed by atoms with E-state index in [0.29, 0.717) is 11.5 Å². The largest absolute Gasteiger partial charge is 0.369 e. The Morgan fingerprint density at radius 3 is 3.08 bits per heavy atom. The zero-order valence-corrected chi connectivity index (χ0v) is 14.4. The Morgan fingerprint density at radius 1 is 1.32 bits per heavy atom. The lowest BCUT2D eigenvalue weighted by Gasteiger charge is -2.29. The van der Waals surface area contributed by atoms with Gasteiger partial charge < -0.3 is 10.6 Å².